The largest absolute Gasteiger partial charge is 0.504 e. The number of benzene rings is 1. The van der Waals surface area contributed by atoms with Gasteiger partial charge in [0.2, 0.25) is 6.29 Å². The highest BCUT2D eigenvalue weighted by Crippen LogP contribution is 2.42. The number of carbonyl (C=O) groups excluding carboxylic acids is 1. The Morgan fingerprint density at radius 1 is 1.18 bits per heavy atom. The molecule has 12 nitrogen and oxygen atoms in total. The summed E-state index contributed by atoms with van der Waals surface area (Å²) in [4.78, 5) is 12.7. The molecule has 3 aliphatic heterocycles. The quantitative estimate of drug-likeness (QED) is 0.188. The van der Waals surface area contributed by atoms with Crippen molar-refractivity contribution in [3.05, 3.63) is 47.7 Å². The lowest BCUT2D eigenvalue weighted by Crippen LogP contribution is -2.60. The first-order valence-corrected chi connectivity index (χ1v) is 12.4. The van der Waals surface area contributed by atoms with E-state index in [-0.39, 0.29) is 17.4 Å². The van der Waals surface area contributed by atoms with Crippen LogP contribution >= 0.6 is 0 Å². The Hall–Kier alpha value is -2.71. The Bertz CT molecular complexity index is 1040. The van der Waals surface area contributed by atoms with E-state index >= 15 is 0 Å². The standard InChI is InChI=1S/C26H35NO11/c1-4-13-15(8-17-14-9-19(34-2)18(29)7-12(14)5-6-27-17)16(24(33)35-3)11-36-25(13)38-26-23(32)22(31)21(30)20(10-28)37-26/h4,7,9,11,13,15,17,20-23,25-32H,1,5-6,8,10H2,2-3H3/t13-,15+,17-,20-,21-,22+,23-,25+,26+/m1/s1. The van der Waals surface area contributed by atoms with E-state index in [9.17, 15) is 30.3 Å². The van der Waals surface area contributed by atoms with Crippen molar-refractivity contribution in [2.24, 2.45) is 11.8 Å². The van der Waals surface area contributed by atoms with Gasteiger partial charge in [-0.1, -0.05) is 6.08 Å². The molecule has 1 saturated heterocycles. The highest BCUT2D eigenvalue weighted by molar-refractivity contribution is 5.89. The fraction of sp³-hybridized carbons (Fsp3) is 0.577. The van der Waals surface area contributed by atoms with Gasteiger partial charge in [-0.3, -0.25) is 0 Å². The molecule has 0 radical (unpaired) electrons. The molecule has 0 bridgehead atoms. The van der Waals surface area contributed by atoms with E-state index in [0.717, 1.165) is 11.1 Å². The predicted octanol–water partition coefficient (Wildman–Crippen LogP) is -0.374. The highest BCUT2D eigenvalue weighted by atomic mass is 16.8. The zero-order chi connectivity index (χ0) is 27.6. The summed E-state index contributed by atoms with van der Waals surface area (Å²) in [6.07, 6.45) is -4.58. The first-order valence-electron chi connectivity index (χ1n) is 12.4. The third kappa shape index (κ3) is 5.38. The van der Waals surface area contributed by atoms with Crippen LogP contribution in [-0.4, -0.2) is 95.9 Å². The average molecular weight is 538 g/mol. The topological polar surface area (TPSA) is 176 Å². The van der Waals surface area contributed by atoms with Gasteiger partial charge in [0.25, 0.3) is 0 Å². The van der Waals surface area contributed by atoms with E-state index in [4.69, 9.17) is 23.7 Å². The molecule has 3 aliphatic rings. The molecule has 12 heteroatoms. The molecule has 0 spiro atoms. The van der Waals surface area contributed by atoms with Crippen LogP contribution in [0.4, 0.5) is 0 Å². The van der Waals surface area contributed by atoms with Gasteiger partial charge in [0.1, 0.15) is 24.4 Å². The summed E-state index contributed by atoms with van der Waals surface area (Å²) >= 11 is 0. The van der Waals surface area contributed by atoms with Gasteiger partial charge in [0.15, 0.2) is 17.8 Å². The molecule has 0 saturated carbocycles. The van der Waals surface area contributed by atoms with Crippen LogP contribution in [-0.2, 0) is 30.2 Å². The molecular formula is C26H35NO11. The maximum atomic E-state index is 12.7. The molecule has 9 atom stereocenters. The minimum absolute atomic E-state index is 0.0464. The second kappa shape index (κ2) is 12.0. The number of carbonyl (C=O) groups is 1. The monoisotopic (exact) mass is 537 g/mol. The molecular weight excluding hydrogens is 502 g/mol. The third-order valence-corrected chi connectivity index (χ3v) is 7.41. The van der Waals surface area contributed by atoms with Gasteiger partial charge in [-0.15, -0.1) is 6.58 Å². The van der Waals surface area contributed by atoms with Crippen molar-refractivity contribution in [2.45, 2.75) is 55.9 Å². The highest BCUT2D eigenvalue weighted by Gasteiger charge is 2.48. The maximum Gasteiger partial charge on any atom is 0.337 e. The van der Waals surface area contributed by atoms with Crippen LogP contribution in [0.2, 0.25) is 0 Å². The molecule has 6 N–H and O–H groups in total. The number of phenols is 1. The zero-order valence-electron chi connectivity index (χ0n) is 21.2. The summed E-state index contributed by atoms with van der Waals surface area (Å²) in [5.41, 5.74) is 2.12. The number of aliphatic hydroxyl groups is 4. The van der Waals surface area contributed by atoms with Crippen LogP contribution in [0.25, 0.3) is 0 Å². The fourth-order valence-corrected chi connectivity index (χ4v) is 5.31. The molecule has 0 unspecified atom stereocenters. The number of fused-ring (bicyclic) bond motifs is 1. The molecule has 1 fully saturated rings. The molecule has 0 aliphatic carbocycles. The van der Waals surface area contributed by atoms with Crippen LogP contribution < -0.4 is 10.1 Å². The summed E-state index contributed by atoms with van der Waals surface area (Å²) in [5.74, 6) is -1.37. The SMILES string of the molecule is C=C[C@H]1[C@H](O[C@@H]2O[C@H](CO)[C@@H](O)[C@H](O)[C@H]2O)OC=C(C(=O)OC)[C@H]1C[C@H]1NCCc2cc(O)c(OC)cc21. The minimum atomic E-state index is -1.63. The van der Waals surface area contributed by atoms with Crippen LogP contribution in [0.1, 0.15) is 23.6 Å². The lowest BCUT2D eigenvalue weighted by Gasteiger charge is -2.43. The van der Waals surface area contributed by atoms with E-state index in [2.05, 4.69) is 11.9 Å². The van der Waals surface area contributed by atoms with E-state index in [0.29, 0.717) is 25.1 Å². The lowest BCUT2D eigenvalue weighted by molar-refractivity contribution is -0.339. The van der Waals surface area contributed by atoms with Gasteiger partial charge in [0, 0.05) is 17.9 Å². The molecule has 210 valence electrons. The van der Waals surface area contributed by atoms with Gasteiger partial charge in [0.05, 0.1) is 32.7 Å². The van der Waals surface area contributed by atoms with Gasteiger partial charge in [-0.25, -0.2) is 4.79 Å². The minimum Gasteiger partial charge on any atom is -0.504 e. The first kappa shape index (κ1) is 28.3. The molecule has 38 heavy (non-hydrogen) atoms. The van der Waals surface area contributed by atoms with Crippen molar-refractivity contribution < 1.29 is 54.0 Å². The van der Waals surface area contributed by atoms with Gasteiger partial charge in [-0.05, 0) is 42.6 Å². The molecule has 0 aromatic heterocycles. The Balaban J connectivity index is 1.62. The fourth-order valence-electron chi connectivity index (χ4n) is 5.31. The first-order chi connectivity index (χ1) is 18.2. The summed E-state index contributed by atoms with van der Waals surface area (Å²) in [6, 6.07) is 3.21. The Morgan fingerprint density at radius 3 is 2.61 bits per heavy atom. The molecule has 3 heterocycles. The number of aromatic hydroxyl groups is 1. The maximum absolute atomic E-state index is 12.7. The van der Waals surface area contributed by atoms with Crippen LogP contribution in [0.5, 0.6) is 11.5 Å². The van der Waals surface area contributed by atoms with Crippen LogP contribution in [0.15, 0.2) is 36.6 Å². The molecule has 4 rings (SSSR count). The predicted molar refractivity (Wildman–Crippen MR) is 131 cm³/mol. The number of hydrogen-bond acceptors (Lipinski definition) is 12. The van der Waals surface area contributed by atoms with Gasteiger partial charge in [-0.2, -0.15) is 0 Å². The molecule has 1 aromatic rings. The van der Waals surface area contributed by atoms with E-state index < -0.39 is 61.4 Å². The lowest BCUT2D eigenvalue weighted by atomic mass is 9.77. The normalized spacial score (nSPS) is 34.9. The Labute approximate surface area is 220 Å². The summed E-state index contributed by atoms with van der Waals surface area (Å²) in [5, 5.41) is 53.9. The summed E-state index contributed by atoms with van der Waals surface area (Å²) in [7, 11) is 2.74. The van der Waals surface area contributed by atoms with Crippen molar-refractivity contribution in [3.8, 4) is 11.5 Å². The number of phenolic OH excluding ortho intramolecular Hbond substituents is 1. The van der Waals surface area contributed by atoms with Crippen molar-refractivity contribution in [1.29, 1.82) is 0 Å². The number of ether oxygens (including phenoxy) is 5. The van der Waals surface area contributed by atoms with Crippen molar-refractivity contribution in [1.82, 2.24) is 5.32 Å². The Kier molecular flexibility index (Phi) is 8.93. The number of rotatable bonds is 8. The smallest absolute Gasteiger partial charge is 0.337 e. The zero-order valence-corrected chi connectivity index (χ0v) is 21.2. The average Bonchev–Trinajstić information content (AvgIpc) is 2.92. The number of hydrogen-bond donors (Lipinski definition) is 6. The summed E-state index contributed by atoms with van der Waals surface area (Å²) in [6.45, 7) is 3.94. The van der Waals surface area contributed by atoms with Crippen molar-refractivity contribution >= 4 is 5.97 Å². The summed E-state index contributed by atoms with van der Waals surface area (Å²) < 4.78 is 27.4. The third-order valence-electron chi connectivity index (χ3n) is 7.41. The second-order valence-corrected chi connectivity index (χ2v) is 9.54. The van der Waals surface area contributed by atoms with Gasteiger partial charge >= 0.3 is 5.97 Å². The van der Waals surface area contributed by atoms with Crippen LogP contribution in [0, 0.1) is 11.8 Å². The van der Waals surface area contributed by atoms with E-state index in [1.54, 1.807) is 18.2 Å². The molecule has 1 aromatic carbocycles. The van der Waals surface area contributed by atoms with Crippen LogP contribution in [0.3, 0.4) is 0 Å². The number of aliphatic hydroxyl groups excluding tert-OH is 4. The number of methoxy groups -OCH3 is 2. The number of nitrogens with one attached hydrogen (secondary N) is 1. The Morgan fingerprint density at radius 2 is 1.95 bits per heavy atom. The van der Waals surface area contributed by atoms with Crippen molar-refractivity contribution in [2.75, 3.05) is 27.4 Å². The number of esters is 1. The van der Waals surface area contributed by atoms with Crippen molar-refractivity contribution in [3.63, 3.8) is 0 Å². The second-order valence-electron chi connectivity index (χ2n) is 9.54. The van der Waals surface area contributed by atoms with E-state index in [1.165, 1.54) is 20.5 Å². The molecule has 0 amide bonds. The van der Waals surface area contributed by atoms with E-state index in [1.807, 2.05) is 0 Å². The van der Waals surface area contributed by atoms with Gasteiger partial charge < -0.3 is 54.5 Å².